The fourth-order valence-electron chi connectivity index (χ4n) is 2.46. The second-order valence-electron chi connectivity index (χ2n) is 7.37. The number of carbonyl (C=O) groups excluding carboxylic acids is 1. The molecule has 0 radical (unpaired) electrons. The van der Waals surface area contributed by atoms with Crippen molar-refractivity contribution in [2.45, 2.75) is 46.1 Å². The monoisotopic (exact) mass is 362 g/mol. The number of hydrogen-bond acceptors (Lipinski definition) is 3. The van der Waals surface area contributed by atoms with Crippen LogP contribution in [0.15, 0.2) is 29.3 Å². The van der Waals surface area contributed by atoms with Gasteiger partial charge in [-0.15, -0.1) is 0 Å². The molecule has 0 saturated heterocycles. The van der Waals surface area contributed by atoms with Crippen LogP contribution in [0.1, 0.15) is 39.7 Å². The summed E-state index contributed by atoms with van der Waals surface area (Å²) in [7, 11) is 3.58. The predicted molar refractivity (Wildman–Crippen MR) is 108 cm³/mol. The number of nitrogens with zero attached hydrogens (tertiary/aromatic N) is 2. The number of amides is 1. The molecule has 0 aliphatic rings. The number of benzene rings is 1. The summed E-state index contributed by atoms with van der Waals surface area (Å²) in [6.07, 6.45) is 1.85. The molecule has 0 atom stereocenters. The largest absolute Gasteiger partial charge is 0.494 e. The van der Waals surface area contributed by atoms with Crippen LogP contribution in [0.3, 0.4) is 0 Å². The first kappa shape index (κ1) is 21.8. The molecule has 1 amide bonds. The van der Waals surface area contributed by atoms with E-state index in [1.54, 1.807) is 7.05 Å². The van der Waals surface area contributed by atoms with Crippen molar-refractivity contribution in [3.05, 3.63) is 29.8 Å². The number of likely N-dealkylation sites (N-methyl/N-ethyl adjacent to an activating group) is 1. The summed E-state index contributed by atoms with van der Waals surface area (Å²) in [5.41, 5.74) is 0.967. The Balaban J connectivity index is 2.48. The third kappa shape index (κ3) is 8.74. The van der Waals surface area contributed by atoms with Crippen LogP contribution in [0.5, 0.6) is 5.75 Å². The van der Waals surface area contributed by atoms with Gasteiger partial charge in [-0.05, 0) is 51.3 Å². The van der Waals surface area contributed by atoms with Gasteiger partial charge in [0.1, 0.15) is 5.75 Å². The van der Waals surface area contributed by atoms with Crippen molar-refractivity contribution in [2.75, 3.05) is 33.8 Å². The van der Waals surface area contributed by atoms with Gasteiger partial charge in [0.05, 0.1) is 13.2 Å². The lowest BCUT2D eigenvalue weighted by Crippen LogP contribution is -2.49. The maximum atomic E-state index is 12.1. The zero-order chi connectivity index (χ0) is 19.6. The quantitative estimate of drug-likeness (QED) is 0.551. The third-order valence-corrected chi connectivity index (χ3v) is 3.54. The van der Waals surface area contributed by atoms with E-state index in [9.17, 15) is 4.79 Å². The van der Waals surface area contributed by atoms with Gasteiger partial charge >= 0.3 is 0 Å². The maximum Gasteiger partial charge on any atom is 0.240 e. The summed E-state index contributed by atoms with van der Waals surface area (Å²) in [6, 6.07) is 8.15. The lowest BCUT2D eigenvalue weighted by Gasteiger charge is -2.25. The van der Waals surface area contributed by atoms with Crippen molar-refractivity contribution < 1.29 is 9.53 Å². The summed E-state index contributed by atoms with van der Waals surface area (Å²) >= 11 is 0. The highest BCUT2D eigenvalue weighted by Crippen LogP contribution is 2.13. The molecule has 0 unspecified atom stereocenters. The molecule has 0 heterocycles. The summed E-state index contributed by atoms with van der Waals surface area (Å²) in [5.74, 6) is 1.58. The minimum atomic E-state index is -0.236. The molecule has 1 aromatic carbocycles. The Labute approximate surface area is 158 Å². The standard InChI is InChI=1S/C20H34N4O2/c1-7-13-26-17-10-8-9-16(14-17)11-12-22-19(21-5)24(6)15-18(25)23-20(2,3)4/h8-10,14H,7,11-13,15H2,1-6H3,(H,21,22)(H,23,25). The maximum absolute atomic E-state index is 12.1. The summed E-state index contributed by atoms with van der Waals surface area (Å²) < 4.78 is 5.67. The van der Waals surface area contributed by atoms with E-state index in [1.165, 1.54) is 5.56 Å². The van der Waals surface area contributed by atoms with Crippen LogP contribution >= 0.6 is 0 Å². The van der Waals surface area contributed by atoms with E-state index in [2.05, 4.69) is 34.7 Å². The number of hydrogen-bond donors (Lipinski definition) is 2. The average molecular weight is 363 g/mol. The molecule has 0 aromatic heterocycles. The fourth-order valence-corrected chi connectivity index (χ4v) is 2.46. The second-order valence-corrected chi connectivity index (χ2v) is 7.37. The Morgan fingerprint density at radius 3 is 2.65 bits per heavy atom. The van der Waals surface area contributed by atoms with Crippen LogP contribution in [0.2, 0.25) is 0 Å². The molecule has 6 heteroatoms. The molecular formula is C20H34N4O2. The van der Waals surface area contributed by atoms with Crippen molar-refractivity contribution in [2.24, 2.45) is 4.99 Å². The van der Waals surface area contributed by atoms with Gasteiger partial charge < -0.3 is 20.3 Å². The van der Waals surface area contributed by atoms with Gasteiger partial charge in [0.2, 0.25) is 5.91 Å². The van der Waals surface area contributed by atoms with Crippen LogP contribution in [0, 0.1) is 0 Å². The van der Waals surface area contributed by atoms with E-state index in [0.29, 0.717) is 5.96 Å². The molecule has 1 rings (SSSR count). The van der Waals surface area contributed by atoms with Gasteiger partial charge in [0, 0.05) is 26.2 Å². The lowest BCUT2D eigenvalue weighted by atomic mass is 10.1. The van der Waals surface area contributed by atoms with Crippen LogP contribution < -0.4 is 15.4 Å². The molecule has 2 N–H and O–H groups in total. The van der Waals surface area contributed by atoms with Crippen molar-refractivity contribution in [3.63, 3.8) is 0 Å². The van der Waals surface area contributed by atoms with E-state index in [0.717, 1.165) is 31.7 Å². The molecule has 26 heavy (non-hydrogen) atoms. The van der Waals surface area contributed by atoms with E-state index in [-0.39, 0.29) is 18.0 Å². The number of carbonyl (C=O) groups is 1. The first-order chi connectivity index (χ1) is 12.2. The summed E-state index contributed by atoms with van der Waals surface area (Å²) in [5, 5.41) is 6.26. The molecule has 0 saturated carbocycles. The van der Waals surface area contributed by atoms with Crippen LogP contribution in [0.25, 0.3) is 0 Å². The SMILES string of the molecule is CCCOc1cccc(CCNC(=NC)N(C)CC(=O)NC(C)(C)C)c1. The summed E-state index contributed by atoms with van der Waals surface area (Å²) in [4.78, 5) is 18.1. The second kappa shape index (κ2) is 10.7. The van der Waals surface area contributed by atoms with Crippen molar-refractivity contribution in [1.29, 1.82) is 0 Å². The first-order valence-corrected chi connectivity index (χ1v) is 9.19. The van der Waals surface area contributed by atoms with Crippen LogP contribution in [-0.4, -0.2) is 56.1 Å². The van der Waals surface area contributed by atoms with Gasteiger partial charge in [0.15, 0.2) is 5.96 Å². The minimum Gasteiger partial charge on any atom is -0.494 e. The van der Waals surface area contributed by atoms with E-state index < -0.39 is 0 Å². The van der Waals surface area contributed by atoms with E-state index in [4.69, 9.17) is 4.74 Å². The summed E-state index contributed by atoms with van der Waals surface area (Å²) in [6.45, 7) is 9.72. The Kier molecular flexibility index (Phi) is 8.96. The predicted octanol–water partition coefficient (Wildman–Crippen LogP) is 2.44. The van der Waals surface area contributed by atoms with Crippen LogP contribution in [0.4, 0.5) is 0 Å². The lowest BCUT2D eigenvalue weighted by molar-refractivity contribution is -0.122. The molecule has 0 bridgehead atoms. The van der Waals surface area contributed by atoms with Gasteiger partial charge in [0.25, 0.3) is 0 Å². The molecule has 0 fully saturated rings. The Morgan fingerprint density at radius 1 is 1.31 bits per heavy atom. The molecule has 0 aliphatic carbocycles. The highest BCUT2D eigenvalue weighted by atomic mass is 16.5. The average Bonchev–Trinajstić information content (AvgIpc) is 2.55. The third-order valence-electron chi connectivity index (χ3n) is 3.54. The highest BCUT2D eigenvalue weighted by molar-refractivity contribution is 5.86. The van der Waals surface area contributed by atoms with Gasteiger partial charge in [-0.25, -0.2) is 0 Å². The zero-order valence-corrected chi connectivity index (χ0v) is 17.1. The Morgan fingerprint density at radius 2 is 2.04 bits per heavy atom. The highest BCUT2D eigenvalue weighted by Gasteiger charge is 2.16. The molecule has 1 aromatic rings. The van der Waals surface area contributed by atoms with Crippen molar-refractivity contribution in [1.82, 2.24) is 15.5 Å². The van der Waals surface area contributed by atoms with Gasteiger partial charge in [-0.1, -0.05) is 19.1 Å². The van der Waals surface area contributed by atoms with Crippen molar-refractivity contribution >= 4 is 11.9 Å². The molecule has 146 valence electrons. The normalized spacial score (nSPS) is 11.8. The number of aliphatic imine (C=N–C) groups is 1. The van der Waals surface area contributed by atoms with Crippen molar-refractivity contribution in [3.8, 4) is 5.75 Å². The molecular weight excluding hydrogens is 328 g/mol. The molecule has 0 spiro atoms. The number of ether oxygens (including phenoxy) is 1. The smallest absolute Gasteiger partial charge is 0.240 e. The van der Waals surface area contributed by atoms with Gasteiger partial charge in [-0.3, -0.25) is 9.79 Å². The van der Waals surface area contributed by atoms with Crippen LogP contribution in [-0.2, 0) is 11.2 Å². The number of guanidine groups is 1. The Bertz CT molecular complexity index is 594. The number of nitrogens with one attached hydrogen (secondary N) is 2. The minimum absolute atomic E-state index is 0.0243. The number of rotatable bonds is 8. The molecule has 6 nitrogen and oxygen atoms in total. The topological polar surface area (TPSA) is 66.0 Å². The molecule has 0 aliphatic heterocycles. The Hall–Kier alpha value is -2.24. The van der Waals surface area contributed by atoms with E-state index >= 15 is 0 Å². The zero-order valence-electron chi connectivity index (χ0n) is 17.1. The fraction of sp³-hybridized carbons (Fsp3) is 0.600. The van der Waals surface area contributed by atoms with Gasteiger partial charge in [-0.2, -0.15) is 0 Å². The van der Waals surface area contributed by atoms with E-state index in [1.807, 2.05) is 44.9 Å². The first-order valence-electron chi connectivity index (χ1n) is 9.19.